The molecule has 0 aromatic carbocycles. The van der Waals surface area contributed by atoms with Gasteiger partial charge in [0.15, 0.2) is 0 Å². The quantitative estimate of drug-likeness (QED) is 0.448. The predicted molar refractivity (Wildman–Crippen MR) is 149 cm³/mol. The molecule has 4 rings (SSSR count). The molecule has 5 heteroatoms. The van der Waals surface area contributed by atoms with Gasteiger partial charge in [0.1, 0.15) is 5.82 Å². The molecule has 4 aliphatic rings. The number of piperidine rings is 1. The molecule has 0 spiro atoms. The molecule has 1 saturated carbocycles. The summed E-state index contributed by atoms with van der Waals surface area (Å²) in [5, 5.41) is 3.31. The second-order valence-corrected chi connectivity index (χ2v) is 11.2. The van der Waals surface area contributed by atoms with Crippen molar-refractivity contribution in [3.05, 3.63) is 61.3 Å². The predicted octanol–water partition coefficient (Wildman–Crippen LogP) is 4.94. The molecular weight excluding hydrogens is 430 g/mol. The summed E-state index contributed by atoms with van der Waals surface area (Å²) in [7, 11) is 6.56. The van der Waals surface area contributed by atoms with Gasteiger partial charge in [0.2, 0.25) is 0 Å². The SMILES string of the molecule is C=CCCC(C(=C)NC)N1C(=C)N(C)C2C1=CC=CC2N1CCC(N(C)CC2CCCCC2)CC1. The molecule has 0 aromatic heterocycles. The van der Waals surface area contributed by atoms with Crippen molar-refractivity contribution in [3.8, 4) is 0 Å². The summed E-state index contributed by atoms with van der Waals surface area (Å²) in [6.45, 7) is 16.4. The molecule has 3 unspecified atom stereocenters. The normalized spacial score (nSPS) is 27.2. The number of rotatable bonds is 10. The summed E-state index contributed by atoms with van der Waals surface area (Å²) in [5.74, 6) is 1.99. The Kier molecular flexibility index (Phi) is 8.82. The van der Waals surface area contributed by atoms with Crippen molar-refractivity contribution in [1.29, 1.82) is 0 Å². The lowest BCUT2D eigenvalue weighted by atomic mass is 9.88. The zero-order chi connectivity index (χ0) is 24.9. The van der Waals surface area contributed by atoms with E-state index >= 15 is 0 Å². The van der Waals surface area contributed by atoms with Crippen molar-refractivity contribution in [2.75, 3.05) is 40.8 Å². The summed E-state index contributed by atoms with van der Waals surface area (Å²) in [4.78, 5) is 10.2. The first-order valence-corrected chi connectivity index (χ1v) is 14.0. The molecule has 194 valence electrons. The highest BCUT2D eigenvalue weighted by atomic mass is 15.4. The molecule has 0 amide bonds. The van der Waals surface area contributed by atoms with Crippen LogP contribution in [-0.2, 0) is 0 Å². The first-order valence-electron chi connectivity index (χ1n) is 14.0. The minimum absolute atomic E-state index is 0.176. The zero-order valence-electron chi connectivity index (χ0n) is 22.6. The number of allylic oxidation sites excluding steroid dienone is 3. The largest absolute Gasteiger partial charge is 0.390 e. The number of hydrogen-bond donors (Lipinski definition) is 1. The fraction of sp³-hybridized carbons (Fsp3) is 0.667. The van der Waals surface area contributed by atoms with E-state index in [9.17, 15) is 0 Å². The Bertz CT molecular complexity index is 815. The maximum absolute atomic E-state index is 4.52. The number of likely N-dealkylation sites (tertiary alicyclic amines) is 1. The van der Waals surface area contributed by atoms with Crippen LogP contribution in [0.25, 0.3) is 0 Å². The molecule has 3 fully saturated rings. The van der Waals surface area contributed by atoms with Crippen LogP contribution in [0.3, 0.4) is 0 Å². The van der Waals surface area contributed by atoms with Gasteiger partial charge in [-0.3, -0.25) is 4.90 Å². The van der Waals surface area contributed by atoms with Crippen molar-refractivity contribution in [2.24, 2.45) is 5.92 Å². The minimum atomic E-state index is 0.176. The highest BCUT2D eigenvalue weighted by molar-refractivity contribution is 5.38. The number of likely N-dealkylation sites (N-methyl/N-ethyl adjacent to an activating group) is 2. The van der Waals surface area contributed by atoms with Crippen LogP contribution in [0.1, 0.15) is 57.8 Å². The number of nitrogens with zero attached hydrogens (tertiary/aromatic N) is 4. The minimum Gasteiger partial charge on any atom is -0.390 e. The van der Waals surface area contributed by atoms with Gasteiger partial charge in [-0.1, -0.05) is 50.6 Å². The van der Waals surface area contributed by atoms with Crippen molar-refractivity contribution < 1.29 is 0 Å². The molecule has 0 radical (unpaired) electrons. The lowest BCUT2D eigenvalue weighted by Gasteiger charge is -2.44. The number of hydrogen-bond acceptors (Lipinski definition) is 5. The lowest BCUT2D eigenvalue weighted by molar-refractivity contribution is 0.0801. The van der Waals surface area contributed by atoms with Gasteiger partial charge in [0.05, 0.1) is 18.1 Å². The van der Waals surface area contributed by atoms with Gasteiger partial charge in [-0.05, 0) is 57.6 Å². The maximum atomic E-state index is 4.52. The third-order valence-electron chi connectivity index (χ3n) is 9.08. The molecule has 35 heavy (non-hydrogen) atoms. The molecule has 0 aromatic rings. The van der Waals surface area contributed by atoms with Gasteiger partial charge in [-0.25, -0.2) is 0 Å². The molecule has 0 bridgehead atoms. The van der Waals surface area contributed by atoms with Crippen LogP contribution in [0, 0.1) is 5.92 Å². The van der Waals surface area contributed by atoms with Crippen LogP contribution < -0.4 is 5.32 Å². The van der Waals surface area contributed by atoms with Crippen LogP contribution in [-0.4, -0.2) is 84.5 Å². The van der Waals surface area contributed by atoms with Gasteiger partial charge in [0, 0.05) is 51.2 Å². The van der Waals surface area contributed by atoms with E-state index in [2.05, 4.69) is 77.0 Å². The van der Waals surface area contributed by atoms with E-state index in [0.717, 1.165) is 36.3 Å². The van der Waals surface area contributed by atoms with Crippen LogP contribution in [0.2, 0.25) is 0 Å². The molecule has 3 atom stereocenters. The van der Waals surface area contributed by atoms with Gasteiger partial charge >= 0.3 is 0 Å². The van der Waals surface area contributed by atoms with Crippen molar-refractivity contribution >= 4 is 0 Å². The average molecular weight is 480 g/mol. The van der Waals surface area contributed by atoms with E-state index in [1.807, 2.05) is 13.1 Å². The summed E-state index contributed by atoms with van der Waals surface area (Å²) in [6.07, 6.45) is 20.7. The molecule has 2 aliphatic heterocycles. The summed E-state index contributed by atoms with van der Waals surface area (Å²) >= 11 is 0. The zero-order valence-corrected chi connectivity index (χ0v) is 22.6. The molecule has 2 saturated heterocycles. The Balaban J connectivity index is 1.41. The monoisotopic (exact) mass is 479 g/mol. The van der Waals surface area contributed by atoms with Crippen LogP contribution in [0.5, 0.6) is 0 Å². The van der Waals surface area contributed by atoms with E-state index in [1.54, 1.807) is 0 Å². The van der Waals surface area contributed by atoms with Crippen molar-refractivity contribution in [1.82, 2.24) is 24.9 Å². The molecule has 5 nitrogen and oxygen atoms in total. The third kappa shape index (κ3) is 5.56. The highest BCUT2D eigenvalue weighted by Crippen LogP contribution is 2.40. The van der Waals surface area contributed by atoms with E-state index in [-0.39, 0.29) is 6.04 Å². The Hall–Kier alpha value is -1.98. The summed E-state index contributed by atoms with van der Waals surface area (Å²) < 4.78 is 0. The fourth-order valence-electron chi connectivity index (χ4n) is 6.91. The Morgan fingerprint density at radius 3 is 2.57 bits per heavy atom. The maximum Gasteiger partial charge on any atom is 0.102 e. The summed E-state index contributed by atoms with van der Waals surface area (Å²) in [6, 6.07) is 1.59. The first kappa shape index (κ1) is 26.1. The van der Waals surface area contributed by atoms with E-state index in [0.29, 0.717) is 12.1 Å². The van der Waals surface area contributed by atoms with Gasteiger partial charge in [-0.2, -0.15) is 0 Å². The molecular formula is C30H49N5. The fourth-order valence-corrected chi connectivity index (χ4v) is 6.91. The molecule has 2 aliphatic carbocycles. The Morgan fingerprint density at radius 1 is 1.20 bits per heavy atom. The van der Waals surface area contributed by atoms with Gasteiger partial charge in [-0.15, -0.1) is 6.58 Å². The Labute approximate surface area is 214 Å². The van der Waals surface area contributed by atoms with E-state index < -0.39 is 0 Å². The number of nitrogens with one attached hydrogen (secondary N) is 1. The van der Waals surface area contributed by atoms with Crippen LogP contribution >= 0.6 is 0 Å². The van der Waals surface area contributed by atoms with Crippen LogP contribution in [0.15, 0.2) is 61.3 Å². The van der Waals surface area contributed by atoms with E-state index in [4.69, 9.17) is 0 Å². The highest BCUT2D eigenvalue weighted by Gasteiger charge is 2.45. The first-order chi connectivity index (χ1) is 17.0. The van der Waals surface area contributed by atoms with Crippen LogP contribution in [0.4, 0.5) is 0 Å². The second kappa shape index (κ2) is 11.8. The van der Waals surface area contributed by atoms with Crippen molar-refractivity contribution in [2.45, 2.75) is 82.0 Å². The standard InChI is InChI=1S/C30H49N5/c1-7-8-15-27(23(2)31-4)35-24(3)33(6)30-28(16-12-17-29(30)35)34-20-18-26(19-21-34)32(5)22-25-13-10-9-11-14-25/h7,12,16-17,25-28,30-31H,1-3,8-11,13-15,18-22H2,4-6H3. The smallest absolute Gasteiger partial charge is 0.102 e. The number of fused-ring (bicyclic) bond motifs is 1. The topological polar surface area (TPSA) is 25.0 Å². The lowest BCUT2D eigenvalue weighted by Crippen LogP contribution is -2.53. The van der Waals surface area contributed by atoms with Gasteiger partial charge in [0.25, 0.3) is 0 Å². The third-order valence-corrected chi connectivity index (χ3v) is 9.08. The molecule has 2 heterocycles. The van der Waals surface area contributed by atoms with Crippen molar-refractivity contribution in [3.63, 3.8) is 0 Å². The molecule has 1 N–H and O–H groups in total. The van der Waals surface area contributed by atoms with Gasteiger partial charge < -0.3 is 20.0 Å². The second-order valence-electron chi connectivity index (χ2n) is 11.2. The Morgan fingerprint density at radius 2 is 1.91 bits per heavy atom. The summed E-state index contributed by atoms with van der Waals surface area (Å²) in [5.41, 5.74) is 2.39. The van der Waals surface area contributed by atoms with E-state index in [1.165, 1.54) is 70.3 Å². The average Bonchev–Trinajstić information content (AvgIpc) is 3.14.